The number of benzene rings is 1. The maximum atomic E-state index is 11.7. The summed E-state index contributed by atoms with van der Waals surface area (Å²) in [4.78, 5) is 18.8. The summed E-state index contributed by atoms with van der Waals surface area (Å²) in [6.45, 7) is 7.23. The van der Waals surface area contributed by atoms with E-state index in [2.05, 4.69) is 52.5 Å². The Balaban J connectivity index is 1.52. The lowest BCUT2D eigenvalue weighted by molar-refractivity contribution is -0.120. The van der Waals surface area contributed by atoms with Gasteiger partial charge in [-0.3, -0.25) is 9.78 Å². The van der Waals surface area contributed by atoms with Crippen molar-refractivity contribution in [2.75, 3.05) is 19.6 Å². The predicted octanol–water partition coefficient (Wildman–Crippen LogP) is 4.16. The van der Waals surface area contributed by atoms with E-state index in [9.17, 15) is 4.79 Å². The number of pyridine rings is 1. The van der Waals surface area contributed by atoms with E-state index < -0.39 is 0 Å². The van der Waals surface area contributed by atoms with E-state index in [-0.39, 0.29) is 11.9 Å². The molecule has 1 N–H and O–H groups in total. The smallest absolute Gasteiger partial charge is 0.217 e. The molecular weight excluding hydrogens is 334 g/mol. The van der Waals surface area contributed by atoms with E-state index in [1.807, 2.05) is 24.4 Å². The van der Waals surface area contributed by atoms with Crippen LogP contribution in [-0.4, -0.2) is 35.4 Å². The minimum Gasteiger partial charge on any atom is -0.348 e. The zero-order chi connectivity index (χ0) is 19.1. The summed E-state index contributed by atoms with van der Waals surface area (Å²) in [5.41, 5.74) is 2.40. The molecule has 0 aliphatic carbocycles. The summed E-state index contributed by atoms with van der Waals surface area (Å²) in [7, 11) is 0. The van der Waals surface area contributed by atoms with Crippen molar-refractivity contribution in [3.05, 3.63) is 66.0 Å². The number of hydrogen-bond donors (Lipinski definition) is 1. The molecule has 1 amide bonds. The van der Waals surface area contributed by atoms with Gasteiger partial charge in [-0.2, -0.15) is 0 Å². The fourth-order valence-electron chi connectivity index (χ4n) is 4.05. The third-order valence-electron chi connectivity index (χ3n) is 5.72. The SMILES string of the molecule is CC(=O)NC(c1ccccn1)C1CCN(CCC(C)c2ccccc2)CC1. The number of likely N-dealkylation sites (tertiary alicyclic amines) is 1. The molecule has 2 atom stereocenters. The van der Waals surface area contributed by atoms with Crippen LogP contribution in [-0.2, 0) is 4.79 Å². The van der Waals surface area contributed by atoms with Gasteiger partial charge in [0, 0.05) is 13.1 Å². The van der Waals surface area contributed by atoms with E-state index in [4.69, 9.17) is 0 Å². The van der Waals surface area contributed by atoms with Crippen molar-refractivity contribution >= 4 is 5.91 Å². The molecule has 2 aromatic rings. The van der Waals surface area contributed by atoms with Crippen LogP contribution < -0.4 is 5.32 Å². The highest BCUT2D eigenvalue weighted by Gasteiger charge is 2.29. The summed E-state index contributed by atoms with van der Waals surface area (Å²) in [5, 5.41) is 3.13. The molecule has 0 saturated carbocycles. The number of nitrogens with zero attached hydrogens (tertiary/aromatic N) is 2. The minimum absolute atomic E-state index is 0.0183. The number of carbonyl (C=O) groups excluding carboxylic acids is 1. The fraction of sp³-hybridized carbons (Fsp3) is 0.478. The van der Waals surface area contributed by atoms with Crippen LogP contribution in [0.15, 0.2) is 54.7 Å². The topological polar surface area (TPSA) is 45.2 Å². The lowest BCUT2D eigenvalue weighted by Crippen LogP contribution is -2.41. The predicted molar refractivity (Wildman–Crippen MR) is 109 cm³/mol. The first-order chi connectivity index (χ1) is 13.1. The highest BCUT2D eigenvalue weighted by molar-refractivity contribution is 5.73. The second-order valence-electron chi connectivity index (χ2n) is 7.71. The lowest BCUT2D eigenvalue weighted by atomic mass is 9.87. The van der Waals surface area contributed by atoms with E-state index in [0.29, 0.717) is 11.8 Å². The molecular formula is C23H31N3O. The Morgan fingerprint density at radius 3 is 2.48 bits per heavy atom. The number of piperidine rings is 1. The van der Waals surface area contributed by atoms with E-state index in [1.165, 1.54) is 12.0 Å². The number of nitrogens with one attached hydrogen (secondary N) is 1. The number of carbonyl (C=O) groups is 1. The average Bonchev–Trinajstić information content (AvgIpc) is 2.72. The maximum absolute atomic E-state index is 11.7. The van der Waals surface area contributed by atoms with Gasteiger partial charge in [-0.25, -0.2) is 0 Å². The van der Waals surface area contributed by atoms with Crippen molar-refractivity contribution in [3.63, 3.8) is 0 Å². The van der Waals surface area contributed by atoms with Gasteiger partial charge in [-0.15, -0.1) is 0 Å². The highest BCUT2D eigenvalue weighted by atomic mass is 16.1. The first-order valence-electron chi connectivity index (χ1n) is 10.1. The molecule has 4 nitrogen and oxygen atoms in total. The van der Waals surface area contributed by atoms with Crippen LogP contribution in [0.4, 0.5) is 0 Å². The molecule has 1 aromatic heterocycles. The molecule has 1 saturated heterocycles. The number of amides is 1. The molecule has 0 spiro atoms. The Morgan fingerprint density at radius 1 is 1.15 bits per heavy atom. The summed E-state index contributed by atoms with van der Waals surface area (Å²) >= 11 is 0. The van der Waals surface area contributed by atoms with E-state index in [1.54, 1.807) is 6.92 Å². The van der Waals surface area contributed by atoms with Crippen molar-refractivity contribution in [1.29, 1.82) is 0 Å². The molecule has 0 bridgehead atoms. The van der Waals surface area contributed by atoms with E-state index in [0.717, 1.165) is 38.2 Å². The van der Waals surface area contributed by atoms with Gasteiger partial charge in [-0.1, -0.05) is 43.3 Å². The van der Waals surface area contributed by atoms with Crippen molar-refractivity contribution in [2.45, 2.75) is 45.1 Å². The Morgan fingerprint density at radius 2 is 1.85 bits per heavy atom. The van der Waals surface area contributed by atoms with Gasteiger partial charge in [0.05, 0.1) is 11.7 Å². The standard InChI is InChI=1S/C23H31N3O/c1-18(20-8-4-3-5-9-20)11-15-26-16-12-21(13-17-26)23(25-19(2)27)22-10-6-7-14-24-22/h3-10,14,18,21,23H,11-13,15-17H2,1-2H3,(H,25,27). The molecule has 0 radical (unpaired) electrons. The second-order valence-corrected chi connectivity index (χ2v) is 7.71. The summed E-state index contributed by atoms with van der Waals surface area (Å²) in [6, 6.07) is 16.7. The Bertz CT molecular complexity index is 696. The van der Waals surface area contributed by atoms with Gasteiger partial charge >= 0.3 is 0 Å². The molecule has 1 aliphatic heterocycles. The van der Waals surface area contributed by atoms with E-state index >= 15 is 0 Å². The van der Waals surface area contributed by atoms with Gasteiger partial charge in [0.15, 0.2) is 0 Å². The Labute approximate surface area is 163 Å². The fourth-order valence-corrected chi connectivity index (χ4v) is 4.05. The first-order valence-corrected chi connectivity index (χ1v) is 10.1. The number of hydrogen-bond acceptors (Lipinski definition) is 3. The first kappa shape index (κ1) is 19.6. The van der Waals surface area contributed by atoms with Crippen molar-refractivity contribution < 1.29 is 4.79 Å². The molecule has 1 fully saturated rings. The third kappa shape index (κ3) is 5.64. The van der Waals surface area contributed by atoms with Gasteiger partial charge in [0.2, 0.25) is 5.91 Å². The Hall–Kier alpha value is -2.20. The minimum atomic E-state index is 0.0183. The lowest BCUT2D eigenvalue weighted by Gasteiger charge is -2.36. The zero-order valence-electron chi connectivity index (χ0n) is 16.5. The second kappa shape index (κ2) is 9.65. The normalized spacial score (nSPS) is 18.0. The maximum Gasteiger partial charge on any atom is 0.217 e. The molecule has 27 heavy (non-hydrogen) atoms. The summed E-state index contributed by atoms with van der Waals surface area (Å²) in [6.07, 6.45) is 5.19. The number of aromatic nitrogens is 1. The van der Waals surface area contributed by atoms with Crippen molar-refractivity contribution in [3.8, 4) is 0 Å². The van der Waals surface area contributed by atoms with Crippen LogP contribution in [0.2, 0.25) is 0 Å². The largest absolute Gasteiger partial charge is 0.348 e. The van der Waals surface area contributed by atoms with Crippen molar-refractivity contribution in [2.24, 2.45) is 5.92 Å². The summed E-state index contributed by atoms with van der Waals surface area (Å²) in [5.74, 6) is 1.06. The van der Waals surface area contributed by atoms with Crippen LogP contribution in [0.5, 0.6) is 0 Å². The third-order valence-corrected chi connectivity index (χ3v) is 5.72. The van der Waals surface area contributed by atoms with Crippen LogP contribution in [0, 0.1) is 5.92 Å². The van der Waals surface area contributed by atoms with Crippen LogP contribution in [0.3, 0.4) is 0 Å². The Kier molecular flexibility index (Phi) is 6.99. The average molecular weight is 366 g/mol. The molecule has 4 heteroatoms. The van der Waals surface area contributed by atoms with Crippen LogP contribution in [0.25, 0.3) is 0 Å². The molecule has 144 valence electrons. The van der Waals surface area contributed by atoms with Gasteiger partial charge in [-0.05, 0) is 68.4 Å². The molecule has 2 heterocycles. The van der Waals surface area contributed by atoms with Crippen molar-refractivity contribution in [1.82, 2.24) is 15.2 Å². The van der Waals surface area contributed by atoms with Gasteiger partial charge < -0.3 is 10.2 Å². The summed E-state index contributed by atoms with van der Waals surface area (Å²) < 4.78 is 0. The van der Waals surface area contributed by atoms with Crippen LogP contribution >= 0.6 is 0 Å². The quantitative estimate of drug-likeness (QED) is 0.801. The molecule has 3 rings (SSSR count). The molecule has 1 aliphatic rings. The van der Waals surface area contributed by atoms with Crippen LogP contribution in [0.1, 0.15) is 56.3 Å². The zero-order valence-corrected chi connectivity index (χ0v) is 16.5. The highest BCUT2D eigenvalue weighted by Crippen LogP contribution is 2.30. The molecule has 2 unspecified atom stereocenters. The number of rotatable bonds is 7. The van der Waals surface area contributed by atoms with Gasteiger partial charge in [0.25, 0.3) is 0 Å². The van der Waals surface area contributed by atoms with Gasteiger partial charge in [0.1, 0.15) is 0 Å². The monoisotopic (exact) mass is 365 g/mol. The molecule has 1 aromatic carbocycles.